The molecule has 0 fully saturated rings. The molecule has 0 aliphatic rings. The molecule has 0 spiro atoms. The minimum Gasteiger partial charge on any atom is -0.328 e. The van der Waals surface area contributed by atoms with E-state index < -0.39 is 5.91 Å². The van der Waals surface area contributed by atoms with Gasteiger partial charge in [0.1, 0.15) is 5.82 Å². The molecule has 1 amide bonds. The Bertz CT molecular complexity index is 1010. The highest BCUT2D eigenvalue weighted by atomic mass is 16.5. The van der Waals surface area contributed by atoms with Gasteiger partial charge < -0.3 is 9.47 Å². The first-order valence-corrected chi connectivity index (χ1v) is 10.3. The van der Waals surface area contributed by atoms with Crippen LogP contribution in [-0.2, 0) is 24.2 Å². The summed E-state index contributed by atoms with van der Waals surface area (Å²) in [6.45, 7) is 4.17. The Morgan fingerprint density at radius 1 is 1.20 bits per heavy atom. The third-order valence-electron chi connectivity index (χ3n) is 5.04. The van der Waals surface area contributed by atoms with Crippen molar-refractivity contribution in [1.29, 1.82) is 0 Å². The van der Waals surface area contributed by atoms with E-state index in [0.717, 1.165) is 48.4 Å². The molecule has 30 heavy (non-hydrogen) atoms. The molecule has 158 valence electrons. The highest BCUT2D eigenvalue weighted by molar-refractivity contribution is 5.91. The van der Waals surface area contributed by atoms with Crippen LogP contribution < -0.4 is 5.48 Å². The minimum atomic E-state index is -0.554. The number of nitrogens with zero attached hydrogens (tertiary/aromatic N) is 3. The molecule has 2 aromatic carbocycles. The summed E-state index contributed by atoms with van der Waals surface area (Å²) >= 11 is 0. The van der Waals surface area contributed by atoms with Crippen molar-refractivity contribution in [3.8, 4) is 0 Å². The van der Waals surface area contributed by atoms with Gasteiger partial charge >= 0.3 is 0 Å². The first-order valence-electron chi connectivity index (χ1n) is 10.3. The predicted molar refractivity (Wildman–Crippen MR) is 120 cm³/mol. The lowest BCUT2D eigenvalue weighted by atomic mass is 10.1. The van der Waals surface area contributed by atoms with Crippen LogP contribution in [0, 0.1) is 5.92 Å². The Morgan fingerprint density at radius 2 is 1.97 bits per heavy atom. The molecule has 1 unspecified atom stereocenters. The highest BCUT2D eigenvalue weighted by Crippen LogP contribution is 2.22. The van der Waals surface area contributed by atoms with Gasteiger partial charge in [-0.2, -0.15) is 0 Å². The van der Waals surface area contributed by atoms with E-state index in [9.17, 15) is 4.79 Å². The van der Waals surface area contributed by atoms with E-state index in [4.69, 9.17) is 10.2 Å². The van der Waals surface area contributed by atoms with Crippen molar-refractivity contribution in [3.63, 3.8) is 0 Å². The standard InChI is InChI=1S/C24H30N4O2/c1-18(16-27(2)3)17-28-22-12-9-20(11-14-24(29)26-30)15-21(22)25-23(28)13-10-19-7-5-4-6-8-19/h4-9,11-12,14-15,18,30H,10,13,16-17H2,1-3H3,(H,26,29)/b14-11+. The lowest BCUT2D eigenvalue weighted by molar-refractivity contribution is -0.124. The lowest BCUT2D eigenvalue weighted by Gasteiger charge is -2.19. The van der Waals surface area contributed by atoms with E-state index in [2.05, 4.69) is 60.8 Å². The van der Waals surface area contributed by atoms with Gasteiger partial charge in [-0.25, -0.2) is 10.5 Å². The molecule has 0 saturated heterocycles. The number of aryl methyl sites for hydroxylation is 2. The molecule has 0 bridgehead atoms. The number of aromatic nitrogens is 2. The Kier molecular flexibility index (Phi) is 7.38. The first kappa shape index (κ1) is 21.7. The van der Waals surface area contributed by atoms with Crippen molar-refractivity contribution in [2.24, 2.45) is 5.92 Å². The Morgan fingerprint density at radius 3 is 2.67 bits per heavy atom. The second-order valence-corrected chi connectivity index (χ2v) is 8.05. The van der Waals surface area contributed by atoms with Crippen molar-refractivity contribution < 1.29 is 10.0 Å². The number of hydroxylamine groups is 1. The average molecular weight is 407 g/mol. The number of imidazole rings is 1. The summed E-state index contributed by atoms with van der Waals surface area (Å²) < 4.78 is 2.33. The van der Waals surface area contributed by atoms with Crippen LogP contribution in [0.1, 0.15) is 23.9 Å². The zero-order valence-electron chi connectivity index (χ0n) is 17.9. The van der Waals surface area contributed by atoms with Gasteiger partial charge in [0, 0.05) is 25.6 Å². The molecule has 2 N–H and O–H groups in total. The van der Waals surface area contributed by atoms with Crippen molar-refractivity contribution in [1.82, 2.24) is 19.9 Å². The Hall–Kier alpha value is -2.96. The molecule has 3 rings (SSSR count). The van der Waals surface area contributed by atoms with Crippen LogP contribution in [0.25, 0.3) is 17.1 Å². The van der Waals surface area contributed by atoms with Gasteiger partial charge in [-0.15, -0.1) is 0 Å². The van der Waals surface area contributed by atoms with E-state index in [1.165, 1.54) is 11.6 Å². The molecule has 0 aliphatic carbocycles. The third kappa shape index (κ3) is 5.78. The van der Waals surface area contributed by atoms with E-state index >= 15 is 0 Å². The second-order valence-electron chi connectivity index (χ2n) is 8.05. The molecular formula is C24H30N4O2. The molecule has 3 aromatic rings. The fraction of sp³-hybridized carbons (Fsp3) is 0.333. The van der Waals surface area contributed by atoms with Gasteiger partial charge in [-0.1, -0.05) is 43.3 Å². The van der Waals surface area contributed by atoms with Crippen molar-refractivity contribution in [2.75, 3.05) is 20.6 Å². The topological polar surface area (TPSA) is 70.4 Å². The second kappa shape index (κ2) is 10.2. The van der Waals surface area contributed by atoms with E-state index in [-0.39, 0.29) is 0 Å². The number of rotatable bonds is 9. The number of benzene rings is 2. The summed E-state index contributed by atoms with van der Waals surface area (Å²) in [4.78, 5) is 18.4. The largest absolute Gasteiger partial charge is 0.328 e. The number of fused-ring (bicyclic) bond motifs is 1. The maximum atomic E-state index is 11.3. The van der Waals surface area contributed by atoms with Crippen LogP contribution in [0.3, 0.4) is 0 Å². The first-order chi connectivity index (χ1) is 14.5. The maximum absolute atomic E-state index is 11.3. The SMILES string of the molecule is CC(CN(C)C)Cn1c(CCc2ccccc2)nc2cc(/C=C/C(=O)NO)ccc21. The molecule has 0 radical (unpaired) electrons. The number of nitrogens with one attached hydrogen (secondary N) is 1. The molecule has 6 heteroatoms. The fourth-order valence-electron chi connectivity index (χ4n) is 3.80. The normalized spacial score (nSPS) is 12.7. The fourth-order valence-corrected chi connectivity index (χ4v) is 3.80. The summed E-state index contributed by atoms with van der Waals surface area (Å²) in [5.41, 5.74) is 5.80. The van der Waals surface area contributed by atoms with Gasteiger partial charge in [0.2, 0.25) is 0 Å². The van der Waals surface area contributed by atoms with Gasteiger partial charge in [-0.3, -0.25) is 10.0 Å². The quantitative estimate of drug-likeness (QED) is 0.324. The summed E-state index contributed by atoms with van der Waals surface area (Å²) in [6, 6.07) is 16.5. The summed E-state index contributed by atoms with van der Waals surface area (Å²) in [6.07, 6.45) is 4.77. The monoisotopic (exact) mass is 406 g/mol. The molecular weight excluding hydrogens is 376 g/mol. The zero-order chi connectivity index (χ0) is 21.5. The van der Waals surface area contributed by atoms with Gasteiger partial charge in [-0.05, 0) is 55.8 Å². The number of carbonyl (C=O) groups excluding carboxylic acids is 1. The molecule has 0 saturated carbocycles. The van der Waals surface area contributed by atoms with Crippen molar-refractivity contribution in [3.05, 3.63) is 71.6 Å². The number of carbonyl (C=O) groups is 1. The van der Waals surface area contributed by atoms with Crippen LogP contribution in [0.5, 0.6) is 0 Å². The molecule has 1 heterocycles. The van der Waals surface area contributed by atoms with Crippen LogP contribution in [0.15, 0.2) is 54.6 Å². The summed E-state index contributed by atoms with van der Waals surface area (Å²) in [7, 11) is 4.19. The average Bonchev–Trinajstić information content (AvgIpc) is 3.07. The smallest absolute Gasteiger partial charge is 0.267 e. The van der Waals surface area contributed by atoms with Crippen molar-refractivity contribution in [2.45, 2.75) is 26.3 Å². The minimum absolute atomic E-state index is 0.487. The van der Waals surface area contributed by atoms with E-state index in [1.807, 2.05) is 18.2 Å². The Labute approximate surface area is 177 Å². The van der Waals surface area contributed by atoms with Crippen LogP contribution in [0.4, 0.5) is 0 Å². The molecule has 1 atom stereocenters. The molecule has 1 aromatic heterocycles. The van der Waals surface area contributed by atoms with E-state index in [1.54, 1.807) is 11.6 Å². The van der Waals surface area contributed by atoms with Crippen LogP contribution in [-0.4, -0.2) is 46.2 Å². The maximum Gasteiger partial charge on any atom is 0.267 e. The highest BCUT2D eigenvalue weighted by Gasteiger charge is 2.14. The Balaban J connectivity index is 1.91. The lowest BCUT2D eigenvalue weighted by Crippen LogP contribution is -2.23. The summed E-state index contributed by atoms with van der Waals surface area (Å²) in [5, 5.41) is 8.65. The summed E-state index contributed by atoms with van der Waals surface area (Å²) in [5.74, 6) is 1.01. The van der Waals surface area contributed by atoms with Crippen molar-refractivity contribution >= 4 is 23.0 Å². The predicted octanol–water partition coefficient (Wildman–Crippen LogP) is 3.54. The van der Waals surface area contributed by atoms with Gasteiger partial charge in [0.15, 0.2) is 0 Å². The number of hydrogen-bond donors (Lipinski definition) is 2. The van der Waals surface area contributed by atoms with Gasteiger partial charge in [0.05, 0.1) is 11.0 Å². The third-order valence-corrected chi connectivity index (χ3v) is 5.04. The molecule has 6 nitrogen and oxygen atoms in total. The number of amides is 1. The number of hydrogen-bond acceptors (Lipinski definition) is 4. The molecule has 0 aliphatic heterocycles. The zero-order valence-corrected chi connectivity index (χ0v) is 17.9. The van der Waals surface area contributed by atoms with Crippen LogP contribution >= 0.6 is 0 Å². The van der Waals surface area contributed by atoms with E-state index in [0.29, 0.717) is 5.92 Å². The van der Waals surface area contributed by atoms with Crippen LogP contribution in [0.2, 0.25) is 0 Å². The van der Waals surface area contributed by atoms with Gasteiger partial charge in [0.25, 0.3) is 5.91 Å².